The quantitative estimate of drug-likeness (QED) is 0.821. The Hall–Kier alpha value is -2.04. The topological polar surface area (TPSA) is 66.8 Å². The molecular weight excluding hydrogens is 342 g/mol. The van der Waals surface area contributed by atoms with Crippen molar-refractivity contribution in [1.82, 2.24) is 4.90 Å². The molecule has 1 N–H and O–H groups in total. The average Bonchev–Trinajstić information content (AvgIpc) is 2.69. The first-order valence-corrected chi connectivity index (χ1v) is 10.2. The molecule has 1 aliphatic heterocycles. The van der Waals surface area contributed by atoms with Crippen molar-refractivity contribution in [1.29, 1.82) is 0 Å². The van der Waals surface area contributed by atoms with Gasteiger partial charge in [-0.3, -0.25) is 9.59 Å². The number of piperidine rings is 1. The molecule has 5 heteroatoms. The molecule has 1 aromatic rings. The summed E-state index contributed by atoms with van der Waals surface area (Å²) in [6.07, 6.45) is 9.06. The molecule has 5 nitrogen and oxygen atoms in total. The first kappa shape index (κ1) is 19.7. The lowest BCUT2D eigenvalue weighted by Gasteiger charge is -2.44. The Morgan fingerprint density at radius 3 is 2.41 bits per heavy atom. The Labute approximate surface area is 161 Å². The summed E-state index contributed by atoms with van der Waals surface area (Å²) in [5.74, 6) is -0.995. The van der Waals surface area contributed by atoms with Crippen molar-refractivity contribution in [3.8, 4) is 5.75 Å². The van der Waals surface area contributed by atoms with Crippen LogP contribution in [0.2, 0.25) is 0 Å². The van der Waals surface area contributed by atoms with E-state index in [1.807, 2.05) is 29.2 Å². The molecular formula is C22H31NO4. The van der Waals surface area contributed by atoms with Crippen LogP contribution >= 0.6 is 0 Å². The average molecular weight is 373 g/mol. The van der Waals surface area contributed by atoms with Gasteiger partial charge in [0.15, 0.2) is 0 Å². The number of benzene rings is 1. The molecule has 3 rings (SSSR count). The van der Waals surface area contributed by atoms with Crippen molar-refractivity contribution >= 4 is 11.9 Å². The van der Waals surface area contributed by atoms with Gasteiger partial charge in [-0.25, -0.2) is 0 Å². The van der Waals surface area contributed by atoms with E-state index in [-0.39, 0.29) is 12.3 Å². The Kier molecular flexibility index (Phi) is 6.40. The molecule has 1 aromatic carbocycles. The van der Waals surface area contributed by atoms with E-state index in [1.54, 1.807) is 7.11 Å². The normalized spacial score (nSPS) is 20.3. The number of hydrogen-bond donors (Lipinski definition) is 1. The number of ether oxygens (including phenoxy) is 1. The summed E-state index contributed by atoms with van der Waals surface area (Å²) in [7, 11) is 1.58. The van der Waals surface area contributed by atoms with E-state index < -0.39 is 11.9 Å². The molecule has 1 unspecified atom stereocenters. The van der Waals surface area contributed by atoms with Gasteiger partial charge >= 0.3 is 5.97 Å². The minimum Gasteiger partial charge on any atom is -0.496 e. The smallest absolute Gasteiger partial charge is 0.307 e. The van der Waals surface area contributed by atoms with Gasteiger partial charge in [-0.2, -0.15) is 0 Å². The number of aliphatic carboxylic acids is 1. The van der Waals surface area contributed by atoms with Crippen LogP contribution in [0.25, 0.3) is 0 Å². The van der Waals surface area contributed by atoms with Crippen LogP contribution in [0.4, 0.5) is 0 Å². The highest BCUT2D eigenvalue weighted by molar-refractivity contribution is 5.82. The standard InChI is InChI=1S/C22H31NO4/c1-27-19-8-4-3-7-17(19)15-18(21(25)26)16-20(24)23-13-11-22(12-14-23)9-5-2-6-10-22/h3-4,7-8,18H,2,5-6,9-16H2,1H3,(H,25,26). The molecule has 1 aliphatic carbocycles. The van der Waals surface area contributed by atoms with Gasteiger partial charge in [0, 0.05) is 19.5 Å². The van der Waals surface area contributed by atoms with Crippen molar-refractivity contribution in [3.63, 3.8) is 0 Å². The molecule has 2 fully saturated rings. The first-order chi connectivity index (χ1) is 13.0. The number of amides is 1. The van der Waals surface area contributed by atoms with E-state index in [0.29, 0.717) is 17.6 Å². The van der Waals surface area contributed by atoms with Gasteiger partial charge in [0.1, 0.15) is 5.75 Å². The van der Waals surface area contributed by atoms with Gasteiger partial charge in [0.25, 0.3) is 0 Å². The molecule has 1 amide bonds. The second-order valence-electron chi connectivity index (χ2n) is 8.20. The van der Waals surface area contributed by atoms with Crippen LogP contribution in [-0.4, -0.2) is 42.1 Å². The third kappa shape index (κ3) is 4.82. The first-order valence-electron chi connectivity index (χ1n) is 10.2. The number of nitrogens with zero attached hydrogens (tertiary/aromatic N) is 1. The highest BCUT2D eigenvalue weighted by Crippen LogP contribution is 2.44. The molecule has 0 bridgehead atoms. The zero-order valence-electron chi connectivity index (χ0n) is 16.3. The molecule has 27 heavy (non-hydrogen) atoms. The Balaban J connectivity index is 1.58. The van der Waals surface area contributed by atoms with E-state index in [9.17, 15) is 14.7 Å². The minimum atomic E-state index is -0.921. The number of carbonyl (C=O) groups excluding carboxylic acids is 1. The van der Waals surface area contributed by atoms with Crippen LogP contribution in [0.1, 0.15) is 56.9 Å². The van der Waals surface area contributed by atoms with Crippen molar-refractivity contribution in [3.05, 3.63) is 29.8 Å². The van der Waals surface area contributed by atoms with Gasteiger partial charge in [-0.15, -0.1) is 0 Å². The van der Waals surface area contributed by atoms with Crippen molar-refractivity contribution in [2.24, 2.45) is 11.3 Å². The predicted octanol–water partition coefficient (Wildman–Crippen LogP) is 3.90. The number of hydrogen-bond acceptors (Lipinski definition) is 3. The Bertz CT molecular complexity index is 656. The zero-order chi connectivity index (χ0) is 19.3. The Morgan fingerprint density at radius 1 is 1.11 bits per heavy atom. The van der Waals surface area contributed by atoms with Crippen LogP contribution in [0.15, 0.2) is 24.3 Å². The van der Waals surface area contributed by atoms with Crippen molar-refractivity contribution in [2.75, 3.05) is 20.2 Å². The molecule has 0 radical (unpaired) electrons. The fourth-order valence-corrected chi connectivity index (χ4v) is 4.76. The molecule has 148 valence electrons. The van der Waals surface area contributed by atoms with Gasteiger partial charge in [0.2, 0.25) is 5.91 Å². The fraction of sp³-hybridized carbons (Fsp3) is 0.636. The maximum absolute atomic E-state index is 12.8. The molecule has 1 atom stereocenters. The van der Waals surface area contributed by atoms with Crippen LogP contribution in [0.5, 0.6) is 5.75 Å². The van der Waals surface area contributed by atoms with Gasteiger partial charge in [-0.05, 0) is 49.1 Å². The van der Waals surface area contributed by atoms with Gasteiger partial charge < -0.3 is 14.7 Å². The lowest BCUT2D eigenvalue weighted by atomic mass is 9.68. The second kappa shape index (κ2) is 8.77. The van der Waals surface area contributed by atoms with E-state index >= 15 is 0 Å². The maximum Gasteiger partial charge on any atom is 0.307 e. The number of carboxylic acids is 1. The summed E-state index contributed by atoms with van der Waals surface area (Å²) in [4.78, 5) is 26.4. The lowest BCUT2D eigenvalue weighted by molar-refractivity contribution is -0.146. The summed E-state index contributed by atoms with van der Waals surface area (Å²) < 4.78 is 5.32. The van der Waals surface area contributed by atoms with Gasteiger partial charge in [-0.1, -0.05) is 37.5 Å². The number of carboxylic acid groups (broad SMARTS) is 1. The third-order valence-corrected chi connectivity index (χ3v) is 6.52. The Morgan fingerprint density at radius 2 is 1.78 bits per heavy atom. The third-order valence-electron chi connectivity index (χ3n) is 6.52. The number of methoxy groups -OCH3 is 1. The van der Waals surface area contributed by atoms with E-state index in [1.165, 1.54) is 32.1 Å². The highest BCUT2D eigenvalue weighted by atomic mass is 16.5. The van der Waals surface area contributed by atoms with E-state index in [4.69, 9.17) is 4.74 Å². The van der Waals surface area contributed by atoms with Crippen molar-refractivity contribution < 1.29 is 19.4 Å². The SMILES string of the molecule is COc1ccccc1CC(CC(=O)N1CCC2(CCCCC2)CC1)C(=O)O. The van der Waals surface area contributed by atoms with E-state index in [0.717, 1.165) is 31.5 Å². The lowest BCUT2D eigenvalue weighted by Crippen LogP contribution is -2.44. The summed E-state index contributed by atoms with van der Waals surface area (Å²) in [6, 6.07) is 7.42. The summed E-state index contributed by atoms with van der Waals surface area (Å²) >= 11 is 0. The number of rotatable bonds is 6. The van der Waals surface area contributed by atoms with E-state index in [2.05, 4.69) is 0 Å². The maximum atomic E-state index is 12.8. The largest absolute Gasteiger partial charge is 0.496 e. The monoisotopic (exact) mass is 373 g/mol. The molecule has 1 saturated heterocycles. The molecule has 0 aromatic heterocycles. The zero-order valence-corrected chi connectivity index (χ0v) is 16.3. The molecule has 1 spiro atoms. The minimum absolute atomic E-state index is 0.0250. The van der Waals surface area contributed by atoms with Crippen molar-refractivity contribution in [2.45, 2.75) is 57.8 Å². The number of carbonyl (C=O) groups is 2. The number of para-hydroxylation sites is 1. The summed E-state index contributed by atoms with van der Waals surface area (Å²) in [5.41, 5.74) is 1.28. The van der Waals surface area contributed by atoms with Gasteiger partial charge in [0.05, 0.1) is 13.0 Å². The fourth-order valence-electron chi connectivity index (χ4n) is 4.76. The number of likely N-dealkylation sites (tertiary alicyclic amines) is 1. The second-order valence-corrected chi connectivity index (χ2v) is 8.20. The van der Waals surface area contributed by atoms with Crippen LogP contribution in [0, 0.1) is 11.3 Å². The highest BCUT2D eigenvalue weighted by Gasteiger charge is 2.37. The molecule has 2 aliphatic rings. The van der Waals surface area contributed by atoms with Crippen LogP contribution in [-0.2, 0) is 16.0 Å². The van der Waals surface area contributed by atoms with Crippen LogP contribution < -0.4 is 4.74 Å². The summed E-state index contributed by atoms with van der Waals surface area (Å²) in [6.45, 7) is 1.56. The predicted molar refractivity (Wildman–Crippen MR) is 104 cm³/mol. The molecule has 1 saturated carbocycles. The van der Waals surface area contributed by atoms with Crippen LogP contribution in [0.3, 0.4) is 0 Å². The summed E-state index contributed by atoms with van der Waals surface area (Å²) in [5, 5.41) is 9.63. The molecule has 1 heterocycles.